The largest absolute Gasteiger partial charge is 0.368 e. The van der Waals surface area contributed by atoms with E-state index >= 15 is 0 Å². The second-order valence-corrected chi connectivity index (χ2v) is 6.29. The van der Waals surface area contributed by atoms with E-state index in [9.17, 15) is 4.79 Å². The van der Waals surface area contributed by atoms with Gasteiger partial charge in [-0.25, -0.2) is 9.78 Å². The molecule has 2 aromatic rings. The van der Waals surface area contributed by atoms with Gasteiger partial charge in [0.1, 0.15) is 5.01 Å². The molecule has 0 aliphatic carbocycles. The maximum Gasteiger partial charge on any atom is 0.317 e. The van der Waals surface area contributed by atoms with Crippen molar-refractivity contribution < 1.29 is 4.79 Å². The van der Waals surface area contributed by atoms with Gasteiger partial charge >= 0.3 is 6.03 Å². The zero-order valence-corrected chi connectivity index (χ0v) is 13.5. The van der Waals surface area contributed by atoms with Gasteiger partial charge in [-0.05, 0) is 19.1 Å². The van der Waals surface area contributed by atoms with Crippen LogP contribution in [0, 0.1) is 6.92 Å². The molecule has 0 spiro atoms. The second-order valence-electron chi connectivity index (χ2n) is 5.35. The zero-order chi connectivity index (χ0) is 15.4. The average molecular weight is 316 g/mol. The van der Waals surface area contributed by atoms with E-state index in [-0.39, 0.29) is 6.03 Å². The summed E-state index contributed by atoms with van der Waals surface area (Å²) in [6.45, 7) is 5.71. The Morgan fingerprint density at radius 1 is 1.23 bits per heavy atom. The minimum absolute atomic E-state index is 0.000523. The van der Waals surface area contributed by atoms with Gasteiger partial charge < -0.3 is 15.1 Å². The summed E-state index contributed by atoms with van der Waals surface area (Å²) >= 11 is 1.58. The number of hydrogen-bond donors (Lipinski definition) is 1. The highest BCUT2D eigenvalue weighted by molar-refractivity contribution is 7.09. The van der Waals surface area contributed by atoms with Crippen molar-refractivity contribution in [2.24, 2.45) is 0 Å². The summed E-state index contributed by atoms with van der Waals surface area (Å²) < 4.78 is 0. The van der Waals surface area contributed by atoms with Crippen LogP contribution in [0.5, 0.6) is 0 Å². The monoisotopic (exact) mass is 316 g/mol. The van der Waals surface area contributed by atoms with E-state index in [2.05, 4.69) is 27.3 Å². The van der Waals surface area contributed by atoms with E-state index in [4.69, 9.17) is 0 Å². The minimum atomic E-state index is 0.000523. The first-order valence-electron chi connectivity index (χ1n) is 7.46. The summed E-state index contributed by atoms with van der Waals surface area (Å²) in [5.74, 6) is 0. The van der Waals surface area contributed by atoms with Crippen LogP contribution in [0.25, 0.3) is 0 Å². The summed E-state index contributed by atoms with van der Waals surface area (Å²) in [4.78, 5) is 20.7. The lowest BCUT2D eigenvalue weighted by Gasteiger charge is -2.36. The van der Waals surface area contributed by atoms with Crippen molar-refractivity contribution in [1.29, 1.82) is 0 Å². The van der Waals surface area contributed by atoms with Gasteiger partial charge in [-0.15, -0.1) is 11.3 Å². The standard InChI is InChI=1S/C16H20N4OS/c1-13-12-22-15(18-13)11-17-16(21)20-9-7-19(8-10-20)14-5-3-2-4-6-14/h2-6,12H,7-11H2,1H3,(H,17,21). The first-order chi connectivity index (χ1) is 10.7. The van der Waals surface area contributed by atoms with E-state index in [0.717, 1.165) is 36.9 Å². The Balaban J connectivity index is 1.47. The van der Waals surface area contributed by atoms with Crippen LogP contribution in [0.2, 0.25) is 0 Å². The Bertz CT molecular complexity index is 620. The van der Waals surface area contributed by atoms with Crippen LogP contribution < -0.4 is 10.2 Å². The molecule has 1 aromatic heterocycles. The van der Waals surface area contributed by atoms with Crippen molar-refractivity contribution >= 4 is 23.1 Å². The fourth-order valence-electron chi connectivity index (χ4n) is 2.55. The van der Waals surface area contributed by atoms with Crippen molar-refractivity contribution in [3.63, 3.8) is 0 Å². The Morgan fingerprint density at radius 3 is 2.59 bits per heavy atom. The summed E-state index contributed by atoms with van der Waals surface area (Å²) in [6.07, 6.45) is 0. The van der Waals surface area contributed by atoms with Crippen LogP contribution in [0.3, 0.4) is 0 Å². The van der Waals surface area contributed by atoms with Crippen LogP contribution in [0.1, 0.15) is 10.7 Å². The van der Waals surface area contributed by atoms with Crippen molar-refractivity contribution in [1.82, 2.24) is 15.2 Å². The SMILES string of the molecule is Cc1csc(CNC(=O)N2CCN(c3ccccc3)CC2)n1. The number of thiazole rings is 1. The van der Waals surface area contributed by atoms with Crippen molar-refractivity contribution in [3.05, 3.63) is 46.4 Å². The number of anilines is 1. The van der Waals surface area contributed by atoms with Crippen molar-refractivity contribution in [3.8, 4) is 0 Å². The van der Waals surface area contributed by atoms with Gasteiger partial charge in [0.15, 0.2) is 0 Å². The van der Waals surface area contributed by atoms with Crippen LogP contribution in [0.4, 0.5) is 10.5 Å². The smallest absolute Gasteiger partial charge is 0.317 e. The first-order valence-corrected chi connectivity index (χ1v) is 8.34. The Kier molecular flexibility index (Phi) is 4.58. The number of urea groups is 1. The van der Waals surface area contributed by atoms with E-state index in [1.165, 1.54) is 5.69 Å². The molecule has 1 aliphatic rings. The normalized spacial score (nSPS) is 15.0. The fourth-order valence-corrected chi connectivity index (χ4v) is 3.26. The lowest BCUT2D eigenvalue weighted by atomic mass is 10.2. The topological polar surface area (TPSA) is 48.5 Å². The molecule has 6 heteroatoms. The molecule has 22 heavy (non-hydrogen) atoms. The predicted molar refractivity (Wildman–Crippen MR) is 89.3 cm³/mol. The lowest BCUT2D eigenvalue weighted by molar-refractivity contribution is 0.194. The van der Waals surface area contributed by atoms with Crippen LogP contribution in [-0.4, -0.2) is 42.1 Å². The molecular weight excluding hydrogens is 296 g/mol. The number of hydrogen-bond acceptors (Lipinski definition) is 4. The molecule has 0 bridgehead atoms. The third-order valence-corrected chi connectivity index (χ3v) is 4.71. The summed E-state index contributed by atoms with van der Waals surface area (Å²) in [5.41, 5.74) is 2.23. The molecule has 0 saturated carbocycles. The van der Waals surface area contributed by atoms with Gasteiger partial charge in [-0.1, -0.05) is 18.2 Å². The number of piperazine rings is 1. The van der Waals surface area contributed by atoms with Gasteiger partial charge in [0.05, 0.1) is 6.54 Å². The summed E-state index contributed by atoms with van der Waals surface area (Å²) in [6, 6.07) is 10.3. The maximum atomic E-state index is 12.2. The molecule has 1 aliphatic heterocycles. The predicted octanol–water partition coefficient (Wildman–Crippen LogP) is 2.48. The van der Waals surface area contributed by atoms with E-state index in [1.54, 1.807) is 11.3 Å². The number of amides is 2. The first kappa shape index (κ1) is 14.8. The van der Waals surface area contributed by atoms with Crippen LogP contribution in [0.15, 0.2) is 35.7 Å². The third-order valence-electron chi connectivity index (χ3n) is 3.75. The molecule has 0 radical (unpaired) electrons. The Morgan fingerprint density at radius 2 is 1.95 bits per heavy atom. The van der Waals surface area contributed by atoms with Gasteiger partial charge in [-0.3, -0.25) is 0 Å². The number of rotatable bonds is 3. The molecule has 0 atom stereocenters. The van der Waals surface area contributed by atoms with Crippen LogP contribution >= 0.6 is 11.3 Å². The quantitative estimate of drug-likeness (QED) is 0.946. The highest BCUT2D eigenvalue weighted by atomic mass is 32.1. The molecule has 1 fully saturated rings. The number of carbonyl (C=O) groups is 1. The van der Waals surface area contributed by atoms with Gasteiger partial charge in [-0.2, -0.15) is 0 Å². The van der Waals surface area contributed by atoms with E-state index < -0.39 is 0 Å². The lowest BCUT2D eigenvalue weighted by Crippen LogP contribution is -2.51. The minimum Gasteiger partial charge on any atom is -0.368 e. The molecular formula is C16H20N4OS. The number of aryl methyl sites for hydroxylation is 1. The summed E-state index contributed by atoms with van der Waals surface area (Å²) in [7, 11) is 0. The second kappa shape index (κ2) is 6.79. The van der Waals surface area contributed by atoms with Gasteiger partial charge in [0, 0.05) is 42.9 Å². The molecule has 1 saturated heterocycles. The number of aromatic nitrogens is 1. The molecule has 2 heterocycles. The number of nitrogens with one attached hydrogen (secondary N) is 1. The molecule has 2 amide bonds. The number of para-hydroxylation sites is 1. The zero-order valence-electron chi connectivity index (χ0n) is 12.7. The van der Waals surface area contributed by atoms with E-state index in [1.807, 2.05) is 35.4 Å². The fraction of sp³-hybridized carbons (Fsp3) is 0.375. The van der Waals surface area contributed by atoms with E-state index in [0.29, 0.717) is 6.54 Å². The van der Waals surface area contributed by atoms with Gasteiger partial charge in [0.25, 0.3) is 0 Å². The summed E-state index contributed by atoms with van der Waals surface area (Å²) in [5, 5.41) is 5.91. The number of benzene rings is 1. The number of nitrogens with zero attached hydrogens (tertiary/aromatic N) is 3. The third kappa shape index (κ3) is 3.57. The molecule has 1 N–H and O–H groups in total. The Hall–Kier alpha value is -2.08. The van der Waals surface area contributed by atoms with Crippen molar-refractivity contribution in [2.45, 2.75) is 13.5 Å². The Labute approximate surface area is 134 Å². The molecule has 116 valence electrons. The molecule has 0 unspecified atom stereocenters. The maximum absolute atomic E-state index is 12.2. The molecule has 3 rings (SSSR count). The highest BCUT2D eigenvalue weighted by Crippen LogP contribution is 2.15. The van der Waals surface area contributed by atoms with Crippen molar-refractivity contribution in [2.75, 3.05) is 31.1 Å². The molecule has 5 nitrogen and oxygen atoms in total. The number of carbonyl (C=O) groups excluding carboxylic acids is 1. The molecule has 1 aromatic carbocycles. The highest BCUT2D eigenvalue weighted by Gasteiger charge is 2.21. The van der Waals surface area contributed by atoms with Gasteiger partial charge in [0.2, 0.25) is 0 Å². The van der Waals surface area contributed by atoms with Crippen LogP contribution in [-0.2, 0) is 6.54 Å². The average Bonchev–Trinajstić information content (AvgIpc) is 2.99.